The van der Waals surface area contributed by atoms with Gasteiger partial charge in [-0.1, -0.05) is 6.42 Å². The highest BCUT2D eigenvalue weighted by Crippen LogP contribution is 2.36. The van der Waals surface area contributed by atoms with Gasteiger partial charge in [-0.3, -0.25) is 4.98 Å². The Balaban J connectivity index is 1.81. The van der Waals surface area contributed by atoms with Crippen LogP contribution in [-0.4, -0.2) is 25.1 Å². The van der Waals surface area contributed by atoms with Crippen LogP contribution in [0.3, 0.4) is 0 Å². The van der Waals surface area contributed by atoms with E-state index in [0.29, 0.717) is 0 Å². The van der Waals surface area contributed by atoms with Crippen molar-refractivity contribution in [2.24, 2.45) is 11.8 Å². The SMILES string of the molecule is CNCc1cnccc1N1CC2CCCC(C2)C1. The van der Waals surface area contributed by atoms with Gasteiger partial charge in [0.25, 0.3) is 0 Å². The summed E-state index contributed by atoms with van der Waals surface area (Å²) in [4.78, 5) is 6.87. The number of anilines is 1. The van der Waals surface area contributed by atoms with E-state index >= 15 is 0 Å². The minimum atomic E-state index is 0.912. The molecular formula is C15H23N3. The van der Waals surface area contributed by atoms with Crippen LogP contribution in [-0.2, 0) is 6.54 Å². The number of piperidine rings is 1. The van der Waals surface area contributed by atoms with Crippen molar-refractivity contribution in [2.45, 2.75) is 32.2 Å². The lowest BCUT2D eigenvalue weighted by atomic mass is 9.78. The molecule has 1 aromatic heterocycles. The molecule has 2 atom stereocenters. The molecular weight excluding hydrogens is 222 g/mol. The van der Waals surface area contributed by atoms with Gasteiger partial charge < -0.3 is 10.2 Å². The molecule has 0 radical (unpaired) electrons. The van der Waals surface area contributed by atoms with Crippen LogP contribution in [0.4, 0.5) is 5.69 Å². The summed E-state index contributed by atoms with van der Waals surface area (Å²) in [6.07, 6.45) is 9.71. The van der Waals surface area contributed by atoms with E-state index in [1.54, 1.807) is 0 Å². The molecule has 0 spiro atoms. The van der Waals surface area contributed by atoms with E-state index in [4.69, 9.17) is 0 Å². The summed E-state index contributed by atoms with van der Waals surface area (Å²) in [6.45, 7) is 3.41. The number of pyridine rings is 1. The summed E-state index contributed by atoms with van der Waals surface area (Å²) >= 11 is 0. The maximum Gasteiger partial charge on any atom is 0.0443 e. The highest BCUT2D eigenvalue weighted by Gasteiger charge is 2.31. The van der Waals surface area contributed by atoms with Crippen LogP contribution in [0.1, 0.15) is 31.2 Å². The van der Waals surface area contributed by atoms with Crippen LogP contribution in [0.2, 0.25) is 0 Å². The summed E-state index contributed by atoms with van der Waals surface area (Å²) in [6, 6.07) is 2.19. The van der Waals surface area contributed by atoms with Crippen molar-refractivity contribution >= 4 is 5.69 Å². The molecule has 3 nitrogen and oxygen atoms in total. The third-order valence-corrected chi connectivity index (χ3v) is 4.43. The Bertz CT molecular complexity index is 392. The van der Waals surface area contributed by atoms with Crippen molar-refractivity contribution < 1.29 is 0 Å². The Morgan fingerprint density at radius 2 is 2.11 bits per heavy atom. The molecule has 1 N–H and O–H groups in total. The Labute approximate surface area is 110 Å². The first-order valence-corrected chi connectivity index (χ1v) is 7.19. The molecule has 18 heavy (non-hydrogen) atoms. The maximum atomic E-state index is 4.26. The van der Waals surface area contributed by atoms with Crippen molar-refractivity contribution in [3.8, 4) is 0 Å². The predicted molar refractivity (Wildman–Crippen MR) is 74.7 cm³/mol. The van der Waals surface area contributed by atoms with E-state index in [2.05, 4.69) is 21.3 Å². The number of aromatic nitrogens is 1. The lowest BCUT2D eigenvalue weighted by molar-refractivity contribution is 0.231. The van der Waals surface area contributed by atoms with Crippen LogP contribution in [0.25, 0.3) is 0 Å². The van der Waals surface area contributed by atoms with Crippen molar-refractivity contribution in [1.82, 2.24) is 10.3 Å². The molecule has 0 aromatic carbocycles. The average molecular weight is 245 g/mol. The molecule has 2 aliphatic rings. The summed E-state index contributed by atoms with van der Waals surface area (Å²) in [5.74, 6) is 1.85. The Morgan fingerprint density at radius 1 is 1.33 bits per heavy atom. The largest absolute Gasteiger partial charge is 0.371 e. The van der Waals surface area contributed by atoms with Crippen LogP contribution in [0.15, 0.2) is 18.5 Å². The first kappa shape index (κ1) is 12.0. The standard InChI is InChI=1S/C15H23N3/c1-16-8-14-9-17-6-5-15(14)18-10-12-3-2-4-13(7-12)11-18/h5-6,9,12-13,16H,2-4,7-8,10-11H2,1H3. The highest BCUT2D eigenvalue weighted by molar-refractivity contribution is 5.52. The van der Waals surface area contributed by atoms with E-state index in [0.717, 1.165) is 18.4 Å². The zero-order chi connectivity index (χ0) is 12.4. The van der Waals surface area contributed by atoms with Crippen LogP contribution in [0.5, 0.6) is 0 Å². The van der Waals surface area contributed by atoms with Crippen LogP contribution in [0, 0.1) is 11.8 Å². The Kier molecular flexibility index (Phi) is 3.50. The van der Waals surface area contributed by atoms with Gasteiger partial charge in [-0.15, -0.1) is 0 Å². The number of hydrogen-bond acceptors (Lipinski definition) is 3. The fourth-order valence-electron chi connectivity index (χ4n) is 3.68. The van der Waals surface area contributed by atoms with Gasteiger partial charge in [0.1, 0.15) is 0 Å². The first-order valence-electron chi connectivity index (χ1n) is 7.19. The molecule has 1 saturated carbocycles. The minimum Gasteiger partial charge on any atom is -0.371 e. The molecule has 2 heterocycles. The molecule has 1 saturated heterocycles. The Morgan fingerprint density at radius 3 is 2.83 bits per heavy atom. The second-order valence-corrected chi connectivity index (χ2v) is 5.84. The van der Waals surface area contributed by atoms with Crippen molar-refractivity contribution in [3.63, 3.8) is 0 Å². The summed E-state index contributed by atoms with van der Waals surface area (Å²) < 4.78 is 0. The normalized spacial score (nSPS) is 27.3. The molecule has 3 heteroatoms. The predicted octanol–water partition coefficient (Wildman–Crippen LogP) is 2.43. The number of hydrogen-bond donors (Lipinski definition) is 1. The molecule has 1 aliphatic heterocycles. The third kappa shape index (κ3) is 2.37. The number of fused-ring (bicyclic) bond motifs is 2. The molecule has 3 rings (SSSR count). The van der Waals surface area contributed by atoms with Gasteiger partial charge in [0.05, 0.1) is 0 Å². The van der Waals surface area contributed by atoms with Gasteiger partial charge in [-0.25, -0.2) is 0 Å². The van der Waals surface area contributed by atoms with Gasteiger partial charge in [0.2, 0.25) is 0 Å². The number of rotatable bonds is 3. The summed E-state index contributed by atoms with van der Waals surface area (Å²) in [5, 5.41) is 3.25. The van der Waals surface area contributed by atoms with Crippen molar-refractivity contribution in [2.75, 3.05) is 25.0 Å². The first-order chi connectivity index (χ1) is 8.86. The molecule has 0 amide bonds. The van der Waals surface area contributed by atoms with Crippen molar-refractivity contribution in [1.29, 1.82) is 0 Å². The van der Waals surface area contributed by atoms with Crippen LogP contribution >= 0.6 is 0 Å². The van der Waals surface area contributed by atoms with E-state index in [-0.39, 0.29) is 0 Å². The zero-order valence-electron chi connectivity index (χ0n) is 11.2. The molecule has 2 bridgehead atoms. The smallest absolute Gasteiger partial charge is 0.0443 e. The van der Waals surface area contributed by atoms with Gasteiger partial charge in [0.15, 0.2) is 0 Å². The topological polar surface area (TPSA) is 28.2 Å². The van der Waals surface area contributed by atoms with E-state index in [1.807, 2.05) is 19.4 Å². The number of nitrogens with zero attached hydrogens (tertiary/aromatic N) is 2. The lowest BCUT2D eigenvalue weighted by Crippen LogP contribution is -2.43. The van der Waals surface area contributed by atoms with E-state index in [1.165, 1.54) is 50.0 Å². The monoisotopic (exact) mass is 245 g/mol. The van der Waals surface area contributed by atoms with E-state index in [9.17, 15) is 0 Å². The maximum absolute atomic E-state index is 4.26. The second kappa shape index (κ2) is 5.27. The second-order valence-electron chi connectivity index (χ2n) is 5.84. The highest BCUT2D eigenvalue weighted by atomic mass is 15.1. The molecule has 1 aromatic rings. The van der Waals surface area contributed by atoms with E-state index < -0.39 is 0 Å². The molecule has 1 aliphatic carbocycles. The van der Waals surface area contributed by atoms with Crippen LogP contribution < -0.4 is 10.2 Å². The lowest BCUT2D eigenvalue weighted by Gasteiger charge is -2.43. The zero-order valence-corrected chi connectivity index (χ0v) is 11.2. The van der Waals surface area contributed by atoms with Gasteiger partial charge in [0, 0.05) is 43.3 Å². The minimum absolute atomic E-state index is 0.912. The molecule has 2 fully saturated rings. The number of nitrogens with one attached hydrogen (secondary N) is 1. The van der Waals surface area contributed by atoms with Gasteiger partial charge in [-0.05, 0) is 44.2 Å². The van der Waals surface area contributed by atoms with Gasteiger partial charge >= 0.3 is 0 Å². The Hall–Kier alpha value is -1.09. The third-order valence-electron chi connectivity index (χ3n) is 4.43. The summed E-state index contributed by atoms with van der Waals surface area (Å²) in [7, 11) is 2.00. The average Bonchev–Trinajstić information content (AvgIpc) is 2.39. The fraction of sp³-hybridized carbons (Fsp3) is 0.667. The fourth-order valence-corrected chi connectivity index (χ4v) is 3.68. The summed E-state index contributed by atoms with van der Waals surface area (Å²) in [5.41, 5.74) is 2.73. The van der Waals surface area contributed by atoms with Crippen molar-refractivity contribution in [3.05, 3.63) is 24.0 Å². The molecule has 98 valence electrons. The van der Waals surface area contributed by atoms with Gasteiger partial charge in [-0.2, -0.15) is 0 Å². The molecule has 2 unspecified atom stereocenters. The quantitative estimate of drug-likeness (QED) is 0.886.